The Morgan fingerprint density at radius 1 is 0.750 bits per heavy atom. The number of rotatable bonds is 14. The van der Waals surface area contributed by atoms with E-state index in [0.717, 1.165) is 10.9 Å². The van der Waals surface area contributed by atoms with Crippen molar-refractivity contribution in [3.8, 4) is 0 Å². The van der Waals surface area contributed by atoms with Gasteiger partial charge in [-0.2, -0.15) is 0 Å². The number of pyridine rings is 2. The Bertz CT molecular complexity index is 2000. The average Bonchev–Trinajstić information content (AvgIpc) is 3.13. The molecule has 0 spiro atoms. The van der Waals surface area contributed by atoms with Gasteiger partial charge in [-0.05, 0) is 68.7 Å². The number of aliphatic hydroxyl groups excluding tert-OH is 1. The lowest BCUT2D eigenvalue weighted by Crippen LogP contribution is -2.55. The Kier molecular flexibility index (Phi) is 12.3. The second-order valence-electron chi connectivity index (χ2n) is 13.4. The van der Waals surface area contributed by atoms with Crippen LogP contribution in [0.25, 0.3) is 10.9 Å². The van der Waals surface area contributed by atoms with Gasteiger partial charge in [0.2, 0.25) is 11.8 Å². The van der Waals surface area contributed by atoms with Gasteiger partial charge in [0.25, 0.3) is 11.8 Å². The van der Waals surface area contributed by atoms with E-state index >= 15 is 0 Å². The third-order valence-electron chi connectivity index (χ3n) is 8.11. The number of carbonyl (C=O) groups is 4. The highest BCUT2D eigenvalue weighted by molar-refractivity contribution is 5.99. The van der Waals surface area contributed by atoms with Gasteiger partial charge < -0.3 is 21.1 Å². The Morgan fingerprint density at radius 2 is 1.46 bits per heavy atom. The number of fused-ring (bicyclic) bond motifs is 1. The van der Waals surface area contributed by atoms with Crippen LogP contribution in [-0.2, 0) is 22.4 Å². The zero-order valence-electron chi connectivity index (χ0n) is 29.3. The average molecular weight is 702 g/mol. The van der Waals surface area contributed by atoms with E-state index in [0.29, 0.717) is 22.5 Å². The molecule has 268 valence electrons. The quantitative estimate of drug-likeness (QED) is 0.0938. The number of amides is 4. The monoisotopic (exact) mass is 701 g/mol. The van der Waals surface area contributed by atoms with Crippen LogP contribution in [0.5, 0.6) is 0 Å². The van der Waals surface area contributed by atoms with E-state index < -0.39 is 47.9 Å². The topological polar surface area (TPSA) is 174 Å². The molecule has 5 rings (SSSR count). The zero-order valence-corrected chi connectivity index (χ0v) is 29.3. The second kappa shape index (κ2) is 17.2. The first-order valence-corrected chi connectivity index (χ1v) is 17.0. The molecule has 3 aromatic carbocycles. The first kappa shape index (κ1) is 37.1. The SMILES string of the molecule is CC(C)(C)NC(=O)c1ccccc1C[C@@H](O)[C@H](Cc1ccccc1)NC(=O)[C@H](CC(=O)NNc1ccccn1)NC(=O)c1ccc2ccccc2n1. The zero-order chi connectivity index (χ0) is 37.1. The van der Waals surface area contributed by atoms with Crippen LogP contribution >= 0.6 is 0 Å². The van der Waals surface area contributed by atoms with E-state index in [-0.39, 0.29) is 24.4 Å². The van der Waals surface area contributed by atoms with Crippen LogP contribution in [0.2, 0.25) is 0 Å². The molecule has 52 heavy (non-hydrogen) atoms. The van der Waals surface area contributed by atoms with Gasteiger partial charge in [0.05, 0.1) is 24.1 Å². The lowest BCUT2D eigenvalue weighted by Gasteiger charge is -2.28. The lowest BCUT2D eigenvalue weighted by molar-refractivity contribution is -0.129. The molecule has 0 saturated carbocycles. The summed E-state index contributed by atoms with van der Waals surface area (Å²) >= 11 is 0. The molecule has 0 saturated heterocycles. The van der Waals surface area contributed by atoms with Crippen molar-refractivity contribution >= 4 is 40.3 Å². The van der Waals surface area contributed by atoms with Gasteiger partial charge in [0, 0.05) is 29.1 Å². The number of anilines is 1. The molecule has 0 fully saturated rings. The number of carbonyl (C=O) groups excluding carboxylic acids is 4. The summed E-state index contributed by atoms with van der Waals surface area (Å²) in [6.45, 7) is 5.65. The van der Waals surface area contributed by atoms with Crippen molar-refractivity contribution in [2.24, 2.45) is 0 Å². The van der Waals surface area contributed by atoms with E-state index in [4.69, 9.17) is 0 Å². The summed E-state index contributed by atoms with van der Waals surface area (Å²) in [5.41, 5.74) is 7.24. The molecule has 0 bridgehead atoms. The Morgan fingerprint density at radius 3 is 2.21 bits per heavy atom. The lowest BCUT2D eigenvalue weighted by atomic mass is 9.93. The molecule has 12 nitrogen and oxygen atoms in total. The van der Waals surface area contributed by atoms with Crippen LogP contribution < -0.4 is 26.8 Å². The third-order valence-corrected chi connectivity index (χ3v) is 8.11. The predicted molar refractivity (Wildman–Crippen MR) is 199 cm³/mol. The predicted octanol–water partition coefficient (Wildman–Crippen LogP) is 4.12. The molecule has 0 aliphatic carbocycles. The normalized spacial score (nSPS) is 12.9. The van der Waals surface area contributed by atoms with Crippen LogP contribution in [-0.4, -0.2) is 62.4 Å². The second-order valence-corrected chi connectivity index (χ2v) is 13.4. The smallest absolute Gasteiger partial charge is 0.270 e. The summed E-state index contributed by atoms with van der Waals surface area (Å²) < 4.78 is 0. The number of para-hydroxylation sites is 1. The molecule has 0 aliphatic heterocycles. The number of hydrazine groups is 1. The molecular weight excluding hydrogens is 658 g/mol. The van der Waals surface area contributed by atoms with E-state index in [9.17, 15) is 24.3 Å². The maximum absolute atomic E-state index is 14.1. The van der Waals surface area contributed by atoms with Crippen molar-refractivity contribution < 1.29 is 24.3 Å². The van der Waals surface area contributed by atoms with Gasteiger partial charge in [0.15, 0.2) is 0 Å². The highest BCUT2D eigenvalue weighted by atomic mass is 16.3. The molecule has 5 aromatic rings. The van der Waals surface area contributed by atoms with Gasteiger partial charge in [-0.3, -0.25) is 30.0 Å². The number of aromatic nitrogens is 2. The third kappa shape index (κ3) is 10.7. The van der Waals surface area contributed by atoms with E-state index in [2.05, 4.69) is 36.8 Å². The minimum absolute atomic E-state index is 0.0397. The van der Waals surface area contributed by atoms with Crippen molar-refractivity contribution in [1.29, 1.82) is 0 Å². The number of nitrogens with zero attached hydrogens (tertiary/aromatic N) is 2. The highest BCUT2D eigenvalue weighted by Crippen LogP contribution is 2.17. The first-order chi connectivity index (χ1) is 24.9. The summed E-state index contributed by atoms with van der Waals surface area (Å²) in [4.78, 5) is 62.5. The minimum atomic E-state index is -1.36. The Hall–Kier alpha value is -6.14. The summed E-state index contributed by atoms with van der Waals surface area (Å²) in [6, 6.07) is 29.8. The summed E-state index contributed by atoms with van der Waals surface area (Å²) in [6.07, 6.45) is 0.206. The number of aliphatic hydroxyl groups is 1. The fourth-order valence-electron chi connectivity index (χ4n) is 5.57. The summed E-state index contributed by atoms with van der Waals surface area (Å²) in [7, 11) is 0. The first-order valence-electron chi connectivity index (χ1n) is 17.0. The van der Waals surface area contributed by atoms with E-state index in [1.807, 2.05) is 63.2 Å². The van der Waals surface area contributed by atoms with Crippen molar-refractivity contribution in [1.82, 2.24) is 31.3 Å². The Balaban J connectivity index is 1.39. The molecule has 2 heterocycles. The van der Waals surface area contributed by atoms with Gasteiger partial charge >= 0.3 is 0 Å². The molecule has 0 radical (unpaired) electrons. The highest BCUT2D eigenvalue weighted by Gasteiger charge is 2.30. The molecular formula is C40H43N7O5. The Labute approximate surface area is 302 Å². The number of hydrogen-bond donors (Lipinski definition) is 6. The standard InChI is InChI=1S/C40H43N7O5/c1-40(2,3)45-37(50)29-17-9-7-16-28(29)24-34(48)32(23-26-13-5-4-6-14-26)43-39(52)33(25-36(49)47-46-35-19-11-12-22-41-35)44-38(51)31-21-20-27-15-8-10-18-30(27)42-31/h4-22,32-34,48H,23-25H2,1-3H3,(H,41,46)(H,43,52)(H,44,51)(H,45,50)(H,47,49)/t32-,33-,34+/m0/s1. The maximum Gasteiger partial charge on any atom is 0.270 e. The van der Waals surface area contributed by atoms with Crippen molar-refractivity contribution in [3.05, 3.63) is 138 Å². The van der Waals surface area contributed by atoms with Crippen molar-refractivity contribution in [2.45, 2.75) is 63.8 Å². The summed E-state index contributed by atoms with van der Waals surface area (Å²) in [5, 5.41) is 21.1. The van der Waals surface area contributed by atoms with Gasteiger partial charge in [-0.25, -0.2) is 9.97 Å². The van der Waals surface area contributed by atoms with Gasteiger partial charge in [-0.1, -0.05) is 78.9 Å². The maximum atomic E-state index is 14.1. The van der Waals surface area contributed by atoms with Gasteiger partial charge in [0.1, 0.15) is 17.6 Å². The van der Waals surface area contributed by atoms with Gasteiger partial charge in [-0.15, -0.1) is 0 Å². The van der Waals surface area contributed by atoms with Crippen LogP contribution in [0.1, 0.15) is 59.2 Å². The van der Waals surface area contributed by atoms with Crippen LogP contribution in [0, 0.1) is 0 Å². The van der Waals surface area contributed by atoms with Crippen LogP contribution in [0.4, 0.5) is 5.82 Å². The van der Waals surface area contributed by atoms with E-state index in [1.54, 1.807) is 72.9 Å². The molecule has 3 atom stereocenters. The minimum Gasteiger partial charge on any atom is -0.391 e. The summed E-state index contributed by atoms with van der Waals surface area (Å²) in [5.74, 6) is -1.86. The fraction of sp³-hybridized carbons (Fsp3) is 0.250. The molecule has 12 heteroatoms. The number of nitrogens with one attached hydrogen (secondary N) is 5. The molecule has 2 aromatic heterocycles. The molecule has 0 aliphatic rings. The van der Waals surface area contributed by atoms with E-state index in [1.165, 1.54) is 0 Å². The number of hydrogen-bond acceptors (Lipinski definition) is 8. The van der Waals surface area contributed by atoms with Crippen molar-refractivity contribution in [2.75, 3.05) is 5.43 Å². The fourth-order valence-corrected chi connectivity index (χ4v) is 5.57. The molecule has 6 N–H and O–H groups in total. The van der Waals surface area contributed by atoms with Crippen LogP contribution in [0.3, 0.4) is 0 Å². The molecule has 4 amide bonds. The van der Waals surface area contributed by atoms with Crippen LogP contribution in [0.15, 0.2) is 115 Å². The number of benzene rings is 3. The van der Waals surface area contributed by atoms with Crippen molar-refractivity contribution in [3.63, 3.8) is 0 Å². The molecule has 0 unspecified atom stereocenters. The largest absolute Gasteiger partial charge is 0.391 e.